The number of hydrogen-bond acceptors (Lipinski definition) is 3. The van der Waals surface area contributed by atoms with Crippen LogP contribution in [0, 0.1) is 10.1 Å². The maximum atomic E-state index is 10.9. The summed E-state index contributed by atoms with van der Waals surface area (Å²) in [5, 5.41) is 11.7. The monoisotopic (exact) mass is 295 g/mol. The third kappa shape index (κ3) is 2.75. The molecule has 0 aliphatic carbocycles. The number of aldehydes is 1. The van der Waals surface area contributed by atoms with E-state index in [1.165, 1.54) is 18.2 Å². The third-order valence-electron chi connectivity index (χ3n) is 2.59. The minimum atomic E-state index is -0.604. The first-order valence-electron chi connectivity index (χ1n) is 5.22. The largest absolute Gasteiger partial charge is 0.298 e. The van der Waals surface area contributed by atoms with Crippen LogP contribution in [0.4, 0.5) is 5.69 Å². The van der Waals surface area contributed by atoms with Crippen molar-refractivity contribution in [2.24, 2.45) is 0 Å². The van der Waals surface area contributed by atoms with Gasteiger partial charge in [-0.2, -0.15) is 0 Å². The molecular weight excluding hydrogens is 289 g/mol. The second-order valence-electron chi connectivity index (χ2n) is 3.77. The van der Waals surface area contributed by atoms with E-state index in [0.717, 1.165) is 0 Å². The first kappa shape index (κ1) is 13.5. The number of halogens is 2. The second-order valence-corrected chi connectivity index (χ2v) is 4.62. The molecule has 0 radical (unpaired) electrons. The highest BCUT2D eigenvalue weighted by molar-refractivity contribution is 6.35. The average Bonchev–Trinajstić information content (AvgIpc) is 2.40. The zero-order valence-corrected chi connectivity index (χ0v) is 11.0. The highest BCUT2D eigenvalue weighted by Crippen LogP contribution is 2.32. The molecule has 19 heavy (non-hydrogen) atoms. The summed E-state index contributed by atoms with van der Waals surface area (Å²) in [6.07, 6.45) is 0.445. The fourth-order valence-electron chi connectivity index (χ4n) is 1.70. The molecule has 0 amide bonds. The summed E-state index contributed by atoms with van der Waals surface area (Å²) in [6, 6.07) is 9.13. The maximum absolute atomic E-state index is 10.9. The van der Waals surface area contributed by atoms with Gasteiger partial charge < -0.3 is 0 Å². The fourth-order valence-corrected chi connectivity index (χ4v) is 2.10. The molecular formula is C13H7Cl2NO3. The molecule has 0 saturated carbocycles. The van der Waals surface area contributed by atoms with E-state index in [0.29, 0.717) is 27.5 Å². The van der Waals surface area contributed by atoms with Crippen molar-refractivity contribution in [2.45, 2.75) is 0 Å². The molecule has 0 fully saturated rings. The number of benzene rings is 2. The number of carbonyl (C=O) groups is 1. The lowest BCUT2D eigenvalue weighted by Crippen LogP contribution is -1.94. The molecule has 0 atom stereocenters. The van der Waals surface area contributed by atoms with Gasteiger partial charge in [0.15, 0.2) is 6.29 Å². The Labute approximate surface area is 118 Å². The summed E-state index contributed by atoms with van der Waals surface area (Å²) >= 11 is 11.9. The van der Waals surface area contributed by atoms with Gasteiger partial charge in [0.2, 0.25) is 0 Å². The smallest absolute Gasteiger partial charge is 0.279 e. The Morgan fingerprint density at radius 2 is 1.84 bits per heavy atom. The Balaban J connectivity index is 2.61. The molecule has 0 unspecified atom stereocenters. The van der Waals surface area contributed by atoms with Gasteiger partial charge in [0.05, 0.1) is 10.5 Å². The first-order valence-corrected chi connectivity index (χ1v) is 5.97. The van der Waals surface area contributed by atoms with Crippen LogP contribution in [0.1, 0.15) is 10.4 Å². The lowest BCUT2D eigenvalue weighted by molar-refractivity contribution is -0.385. The summed E-state index contributed by atoms with van der Waals surface area (Å²) in [5.41, 5.74) is 0.975. The van der Waals surface area contributed by atoms with Gasteiger partial charge in [0.25, 0.3) is 5.69 Å². The third-order valence-corrected chi connectivity index (χ3v) is 3.16. The average molecular weight is 296 g/mol. The summed E-state index contributed by atoms with van der Waals surface area (Å²) in [4.78, 5) is 21.0. The molecule has 2 aromatic carbocycles. The van der Waals surface area contributed by atoms with E-state index < -0.39 is 4.92 Å². The Hall–Kier alpha value is -1.91. The van der Waals surface area contributed by atoms with Crippen LogP contribution < -0.4 is 0 Å². The van der Waals surface area contributed by atoms with E-state index in [1.54, 1.807) is 18.2 Å². The number of rotatable bonds is 3. The van der Waals surface area contributed by atoms with Crippen molar-refractivity contribution in [2.75, 3.05) is 0 Å². The highest BCUT2D eigenvalue weighted by atomic mass is 35.5. The topological polar surface area (TPSA) is 60.2 Å². The van der Waals surface area contributed by atoms with E-state index >= 15 is 0 Å². The van der Waals surface area contributed by atoms with Crippen molar-refractivity contribution in [1.29, 1.82) is 0 Å². The molecule has 96 valence electrons. The van der Waals surface area contributed by atoms with Crippen LogP contribution in [-0.4, -0.2) is 11.2 Å². The Morgan fingerprint density at radius 3 is 2.47 bits per heavy atom. The number of nitro groups is 1. The van der Waals surface area contributed by atoms with E-state index in [4.69, 9.17) is 23.2 Å². The Kier molecular flexibility index (Phi) is 3.83. The maximum Gasteiger partial charge on any atom is 0.279 e. The van der Waals surface area contributed by atoms with E-state index in [1.807, 2.05) is 0 Å². The minimum absolute atomic E-state index is 0.00135. The zero-order valence-electron chi connectivity index (χ0n) is 9.47. The zero-order chi connectivity index (χ0) is 14.0. The Morgan fingerprint density at radius 1 is 1.11 bits per heavy atom. The summed E-state index contributed by atoms with van der Waals surface area (Å²) in [5.74, 6) is 0. The van der Waals surface area contributed by atoms with Crippen LogP contribution in [0.2, 0.25) is 10.0 Å². The summed E-state index contributed by atoms with van der Waals surface area (Å²) in [6.45, 7) is 0. The Bertz CT molecular complexity index is 671. The first-order chi connectivity index (χ1) is 9.02. The summed E-state index contributed by atoms with van der Waals surface area (Å²) in [7, 11) is 0. The molecule has 0 bridgehead atoms. The molecule has 6 heteroatoms. The molecule has 0 heterocycles. The molecule has 0 N–H and O–H groups in total. The second kappa shape index (κ2) is 5.38. The quantitative estimate of drug-likeness (QED) is 0.479. The van der Waals surface area contributed by atoms with Crippen molar-refractivity contribution >= 4 is 35.2 Å². The van der Waals surface area contributed by atoms with Crippen LogP contribution >= 0.6 is 23.2 Å². The van der Waals surface area contributed by atoms with Crippen molar-refractivity contribution in [3.8, 4) is 11.1 Å². The van der Waals surface area contributed by atoms with E-state index in [-0.39, 0.29) is 11.3 Å². The normalized spacial score (nSPS) is 10.2. The SMILES string of the molecule is O=Cc1cc(-c2cc(Cl)ccc2Cl)ccc1[N+](=O)[O-]. The predicted molar refractivity (Wildman–Crippen MR) is 73.9 cm³/mol. The van der Waals surface area contributed by atoms with Gasteiger partial charge in [-0.3, -0.25) is 14.9 Å². The molecule has 2 rings (SSSR count). The standard InChI is InChI=1S/C13H7Cl2NO3/c14-10-2-3-12(15)11(6-10)8-1-4-13(16(18)19)9(5-8)7-17/h1-7H. The number of nitro benzene ring substituents is 1. The molecule has 0 spiro atoms. The van der Waals surface area contributed by atoms with Crippen LogP contribution in [0.5, 0.6) is 0 Å². The van der Waals surface area contributed by atoms with Crippen LogP contribution in [0.25, 0.3) is 11.1 Å². The molecule has 0 aliphatic heterocycles. The van der Waals surface area contributed by atoms with Gasteiger partial charge in [-0.15, -0.1) is 0 Å². The number of nitrogens with zero attached hydrogens (tertiary/aromatic N) is 1. The van der Waals surface area contributed by atoms with Gasteiger partial charge in [-0.1, -0.05) is 23.2 Å². The minimum Gasteiger partial charge on any atom is -0.298 e. The lowest BCUT2D eigenvalue weighted by atomic mass is 10.0. The van der Waals surface area contributed by atoms with Crippen LogP contribution in [0.15, 0.2) is 36.4 Å². The molecule has 0 aromatic heterocycles. The lowest BCUT2D eigenvalue weighted by Gasteiger charge is -2.06. The fraction of sp³-hybridized carbons (Fsp3) is 0. The van der Waals surface area contributed by atoms with Crippen LogP contribution in [0.3, 0.4) is 0 Å². The van der Waals surface area contributed by atoms with E-state index in [9.17, 15) is 14.9 Å². The van der Waals surface area contributed by atoms with Crippen molar-refractivity contribution < 1.29 is 9.72 Å². The van der Waals surface area contributed by atoms with Gasteiger partial charge in [0.1, 0.15) is 0 Å². The van der Waals surface area contributed by atoms with Crippen LogP contribution in [-0.2, 0) is 0 Å². The number of carbonyl (C=O) groups excluding carboxylic acids is 1. The predicted octanol–water partition coefficient (Wildman–Crippen LogP) is 4.38. The highest BCUT2D eigenvalue weighted by Gasteiger charge is 2.15. The van der Waals surface area contributed by atoms with Gasteiger partial charge in [0, 0.05) is 21.7 Å². The van der Waals surface area contributed by atoms with Crippen molar-refractivity contribution in [3.63, 3.8) is 0 Å². The van der Waals surface area contributed by atoms with E-state index in [2.05, 4.69) is 0 Å². The summed E-state index contributed by atoms with van der Waals surface area (Å²) < 4.78 is 0. The molecule has 0 saturated heterocycles. The van der Waals surface area contributed by atoms with Gasteiger partial charge in [-0.05, 0) is 35.9 Å². The van der Waals surface area contributed by atoms with Gasteiger partial charge in [-0.25, -0.2) is 0 Å². The molecule has 0 aliphatic rings. The van der Waals surface area contributed by atoms with Crippen molar-refractivity contribution in [3.05, 3.63) is 62.1 Å². The molecule has 4 nitrogen and oxygen atoms in total. The van der Waals surface area contributed by atoms with Crippen molar-refractivity contribution in [1.82, 2.24) is 0 Å². The van der Waals surface area contributed by atoms with Gasteiger partial charge >= 0.3 is 0 Å². The molecule has 2 aromatic rings. The number of hydrogen-bond donors (Lipinski definition) is 0.